The molecule has 1 aromatic carbocycles. The quantitative estimate of drug-likeness (QED) is 0.756. The molecule has 0 radical (unpaired) electrons. The Bertz CT molecular complexity index is 652. The van der Waals surface area contributed by atoms with Crippen LogP contribution in [0.5, 0.6) is 0 Å². The fraction of sp³-hybridized carbons (Fsp3) is 0.250. The molecule has 2 aromatic rings. The third-order valence-corrected chi connectivity index (χ3v) is 3.73. The first kappa shape index (κ1) is 13.6. The van der Waals surface area contributed by atoms with Crippen molar-refractivity contribution < 1.29 is 0 Å². The van der Waals surface area contributed by atoms with Gasteiger partial charge in [0.15, 0.2) is 0 Å². The molecule has 0 atom stereocenters. The van der Waals surface area contributed by atoms with Crippen molar-refractivity contribution >= 4 is 11.6 Å². The van der Waals surface area contributed by atoms with Crippen LogP contribution in [0, 0.1) is 25.2 Å². The van der Waals surface area contributed by atoms with Gasteiger partial charge in [-0.25, -0.2) is 4.98 Å². The minimum absolute atomic E-state index is 0.278. The molecule has 0 saturated heterocycles. The molecule has 2 rings (SSSR count). The first-order valence-electron chi connectivity index (χ1n) is 6.24. The second kappa shape index (κ2) is 5.42. The Morgan fingerprint density at radius 2 is 1.79 bits per heavy atom. The van der Waals surface area contributed by atoms with Gasteiger partial charge in [0.05, 0.1) is 11.3 Å². The Balaban J connectivity index is 2.60. The van der Waals surface area contributed by atoms with Gasteiger partial charge >= 0.3 is 0 Å². The third-order valence-electron chi connectivity index (χ3n) is 3.46. The fourth-order valence-corrected chi connectivity index (χ4v) is 2.34. The Morgan fingerprint density at radius 1 is 1.16 bits per heavy atom. The maximum atomic E-state index is 9.08. The Hall–Kier alpha value is -1.85. The molecule has 0 bridgehead atoms. The molecule has 0 aliphatic heterocycles. The van der Waals surface area contributed by atoms with Crippen LogP contribution >= 0.6 is 11.6 Å². The highest BCUT2D eigenvalue weighted by molar-refractivity contribution is 6.30. The highest BCUT2D eigenvalue weighted by Crippen LogP contribution is 2.29. The summed E-state index contributed by atoms with van der Waals surface area (Å²) in [5, 5.41) is 9.36. The van der Waals surface area contributed by atoms with Crippen molar-refractivity contribution in [2.24, 2.45) is 0 Å². The molecule has 96 valence electrons. The van der Waals surface area contributed by atoms with Crippen molar-refractivity contribution in [2.45, 2.75) is 27.2 Å². The number of benzene rings is 1. The van der Waals surface area contributed by atoms with Gasteiger partial charge in [-0.3, -0.25) is 0 Å². The molecular formula is C16H15ClN2. The van der Waals surface area contributed by atoms with Gasteiger partial charge < -0.3 is 0 Å². The predicted octanol–water partition coefficient (Wildman–Crippen LogP) is 4.45. The Morgan fingerprint density at radius 3 is 2.32 bits per heavy atom. The van der Waals surface area contributed by atoms with Crippen LogP contribution in [0.2, 0.25) is 5.15 Å². The molecule has 3 heteroatoms. The molecule has 0 N–H and O–H groups in total. The van der Waals surface area contributed by atoms with Crippen molar-refractivity contribution in [3.8, 4) is 17.3 Å². The zero-order chi connectivity index (χ0) is 14.0. The van der Waals surface area contributed by atoms with Gasteiger partial charge in [-0.1, -0.05) is 42.8 Å². The number of pyridine rings is 1. The number of aryl methyl sites for hydroxylation is 1. The Kier molecular flexibility index (Phi) is 3.87. The zero-order valence-electron chi connectivity index (χ0n) is 11.3. The van der Waals surface area contributed by atoms with E-state index >= 15 is 0 Å². The summed E-state index contributed by atoms with van der Waals surface area (Å²) in [5.41, 5.74) is 5.54. The second-order valence-corrected chi connectivity index (χ2v) is 4.90. The second-order valence-electron chi connectivity index (χ2n) is 4.54. The zero-order valence-corrected chi connectivity index (χ0v) is 12.0. The summed E-state index contributed by atoms with van der Waals surface area (Å²) in [6, 6.07) is 10.4. The number of nitriles is 1. The molecule has 19 heavy (non-hydrogen) atoms. The van der Waals surface area contributed by atoms with E-state index in [9.17, 15) is 0 Å². The summed E-state index contributed by atoms with van der Waals surface area (Å²) in [7, 11) is 0. The highest BCUT2D eigenvalue weighted by atomic mass is 35.5. The number of hydrogen-bond acceptors (Lipinski definition) is 2. The average molecular weight is 271 g/mol. The van der Waals surface area contributed by atoms with Crippen molar-refractivity contribution in [3.05, 3.63) is 51.7 Å². The monoisotopic (exact) mass is 270 g/mol. The SMILES string of the molecule is CCc1ccc(-c2nc(Cl)c(C#N)c(C)c2C)cc1. The van der Waals surface area contributed by atoms with Gasteiger partial charge in [0.2, 0.25) is 0 Å². The van der Waals surface area contributed by atoms with Crippen LogP contribution in [-0.4, -0.2) is 4.98 Å². The minimum Gasteiger partial charge on any atom is -0.234 e. The molecular weight excluding hydrogens is 256 g/mol. The Labute approximate surface area is 118 Å². The van der Waals surface area contributed by atoms with E-state index in [2.05, 4.69) is 42.2 Å². The molecule has 0 saturated carbocycles. The molecule has 0 fully saturated rings. The van der Waals surface area contributed by atoms with Crippen molar-refractivity contribution in [1.29, 1.82) is 5.26 Å². The molecule has 0 aliphatic rings. The standard InChI is InChI=1S/C16H15ClN2/c1-4-12-5-7-13(8-6-12)15-11(3)10(2)14(9-18)16(17)19-15/h5-8H,4H2,1-3H3. The average Bonchev–Trinajstić information content (AvgIpc) is 2.43. The molecule has 0 spiro atoms. The number of rotatable bonds is 2. The summed E-state index contributed by atoms with van der Waals surface area (Å²) in [6.07, 6.45) is 1.01. The lowest BCUT2D eigenvalue weighted by Gasteiger charge is -2.11. The lowest BCUT2D eigenvalue weighted by molar-refractivity contribution is 1.14. The van der Waals surface area contributed by atoms with Crippen LogP contribution in [0.4, 0.5) is 0 Å². The largest absolute Gasteiger partial charge is 0.234 e. The summed E-state index contributed by atoms with van der Waals surface area (Å²) < 4.78 is 0. The maximum Gasteiger partial charge on any atom is 0.147 e. The first-order chi connectivity index (χ1) is 9.08. The van der Waals surface area contributed by atoms with E-state index in [0.717, 1.165) is 28.8 Å². The van der Waals surface area contributed by atoms with Crippen molar-refractivity contribution in [1.82, 2.24) is 4.98 Å². The van der Waals surface area contributed by atoms with E-state index in [-0.39, 0.29) is 5.15 Å². The van der Waals surface area contributed by atoms with Crippen LogP contribution in [0.15, 0.2) is 24.3 Å². The molecule has 1 heterocycles. The van der Waals surface area contributed by atoms with Gasteiger partial charge in [-0.15, -0.1) is 0 Å². The minimum atomic E-state index is 0.278. The lowest BCUT2D eigenvalue weighted by atomic mass is 9.99. The topological polar surface area (TPSA) is 36.7 Å². The van der Waals surface area contributed by atoms with E-state index in [1.165, 1.54) is 5.56 Å². The number of halogens is 1. The van der Waals surface area contributed by atoms with E-state index in [4.69, 9.17) is 16.9 Å². The van der Waals surface area contributed by atoms with Crippen LogP contribution in [0.1, 0.15) is 29.2 Å². The van der Waals surface area contributed by atoms with E-state index < -0.39 is 0 Å². The van der Waals surface area contributed by atoms with Gasteiger partial charge in [-0.2, -0.15) is 5.26 Å². The fourth-order valence-electron chi connectivity index (χ4n) is 2.07. The van der Waals surface area contributed by atoms with Crippen LogP contribution in [0.3, 0.4) is 0 Å². The highest BCUT2D eigenvalue weighted by Gasteiger charge is 2.13. The molecule has 0 aliphatic carbocycles. The van der Waals surface area contributed by atoms with Gasteiger partial charge in [0.25, 0.3) is 0 Å². The lowest BCUT2D eigenvalue weighted by Crippen LogP contribution is -1.97. The summed E-state index contributed by atoms with van der Waals surface area (Å²) in [4.78, 5) is 4.37. The van der Waals surface area contributed by atoms with Crippen LogP contribution in [0.25, 0.3) is 11.3 Å². The van der Waals surface area contributed by atoms with E-state index in [1.54, 1.807) is 0 Å². The third kappa shape index (κ3) is 2.47. The summed E-state index contributed by atoms with van der Waals surface area (Å²) in [6.45, 7) is 6.01. The maximum absolute atomic E-state index is 9.08. The summed E-state index contributed by atoms with van der Waals surface area (Å²) in [5.74, 6) is 0. The van der Waals surface area contributed by atoms with Gasteiger partial charge in [-0.05, 0) is 37.0 Å². The smallest absolute Gasteiger partial charge is 0.147 e. The molecule has 1 aromatic heterocycles. The summed E-state index contributed by atoms with van der Waals surface area (Å²) >= 11 is 6.08. The molecule has 0 unspecified atom stereocenters. The first-order valence-corrected chi connectivity index (χ1v) is 6.62. The molecule has 0 amide bonds. The van der Waals surface area contributed by atoms with E-state index in [1.807, 2.05) is 13.8 Å². The predicted molar refractivity (Wildman–Crippen MR) is 78.3 cm³/mol. The van der Waals surface area contributed by atoms with Crippen molar-refractivity contribution in [3.63, 3.8) is 0 Å². The number of hydrogen-bond donors (Lipinski definition) is 0. The van der Waals surface area contributed by atoms with Gasteiger partial charge in [0, 0.05) is 5.56 Å². The normalized spacial score (nSPS) is 10.3. The number of nitrogens with zero attached hydrogens (tertiary/aromatic N) is 2. The van der Waals surface area contributed by atoms with Gasteiger partial charge in [0.1, 0.15) is 11.2 Å². The van der Waals surface area contributed by atoms with E-state index in [0.29, 0.717) is 5.56 Å². The van der Waals surface area contributed by atoms with Crippen molar-refractivity contribution in [2.75, 3.05) is 0 Å². The molecule has 2 nitrogen and oxygen atoms in total. The van der Waals surface area contributed by atoms with Crippen LogP contribution in [-0.2, 0) is 6.42 Å². The number of aromatic nitrogens is 1. The van der Waals surface area contributed by atoms with Crippen LogP contribution < -0.4 is 0 Å².